The van der Waals surface area contributed by atoms with Crippen LogP contribution in [0.1, 0.15) is 25.8 Å². The maximum atomic E-state index is 13.4. The summed E-state index contributed by atoms with van der Waals surface area (Å²) in [5.74, 6) is -0.00508. The number of carbonyl (C=O) groups is 1. The Morgan fingerprint density at radius 2 is 2.05 bits per heavy atom. The molecule has 0 aliphatic heterocycles. The Morgan fingerprint density at radius 3 is 2.65 bits per heavy atom. The first kappa shape index (κ1) is 16.4. The molecular weight excluding hydrogens is 259 g/mol. The second kappa shape index (κ2) is 8.53. The highest BCUT2D eigenvalue weighted by Crippen LogP contribution is 2.07. The van der Waals surface area contributed by atoms with Gasteiger partial charge in [0.15, 0.2) is 0 Å². The van der Waals surface area contributed by atoms with Crippen molar-refractivity contribution < 1.29 is 14.3 Å². The van der Waals surface area contributed by atoms with Gasteiger partial charge in [-0.25, -0.2) is 9.18 Å². The van der Waals surface area contributed by atoms with Gasteiger partial charge in [-0.15, -0.1) is 0 Å². The minimum absolute atomic E-state index is 0.0400. The van der Waals surface area contributed by atoms with Gasteiger partial charge in [-0.05, 0) is 30.4 Å². The molecular formula is C15H23FN2O2. The molecule has 0 saturated carbocycles. The normalized spacial score (nSPS) is 12.2. The number of rotatable bonds is 7. The lowest BCUT2D eigenvalue weighted by Crippen LogP contribution is -2.45. The molecule has 0 spiro atoms. The van der Waals surface area contributed by atoms with Crippen molar-refractivity contribution in [2.24, 2.45) is 5.92 Å². The van der Waals surface area contributed by atoms with Crippen molar-refractivity contribution in [2.45, 2.75) is 32.7 Å². The summed E-state index contributed by atoms with van der Waals surface area (Å²) in [5.41, 5.74) is 0.587. The van der Waals surface area contributed by atoms with Crippen LogP contribution in [0.2, 0.25) is 0 Å². The Balaban J connectivity index is 2.34. The Labute approximate surface area is 119 Å². The fourth-order valence-corrected chi connectivity index (χ4v) is 1.94. The van der Waals surface area contributed by atoms with Crippen molar-refractivity contribution in [3.05, 3.63) is 35.6 Å². The average Bonchev–Trinajstić information content (AvgIpc) is 2.40. The van der Waals surface area contributed by atoms with E-state index in [-0.39, 0.29) is 30.4 Å². The molecule has 1 atom stereocenters. The van der Waals surface area contributed by atoms with Gasteiger partial charge in [0.1, 0.15) is 5.82 Å². The topological polar surface area (TPSA) is 61.4 Å². The number of urea groups is 1. The molecule has 0 saturated heterocycles. The molecule has 0 bridgehead atoms. The molecule has 3 N–H and O–H groups in total. The molecule has 0 aliphatic rings. The van der Waals surface area contributed by atoms with Gasteiger partial charge in [0.2, 0.25) is 0 Å². The SMILES string of the molecule is CC(C)C(CCO)NC(=O)NCCc1ccccc1F. The lowest BCUT2D eigenvalue weighted by Gasteiger charge is -2.21. The van der Waals surface area contributed by atoms with Gasteiger partial charge in [0.05, 0.1) is 0 Å². The third kappa shape index (κ3) is 5.57. The molecule has 0 fully saturated rings. The molecule has 0 aliphatic carbocycles. The highest BCUT2D eigenvalue weighted by Gasteiger charge is 2.15. The number of nitrogens with one attached hydrogen (secondary N) is 2. The van der Waals surface area contributed by atoms with Crippen LogP contribution >= 0.6 is 0 Å². The number of carbonyl (C=O) groups excluding carboxylic acids is 1. The summed E-state index contributed by atoms with van der Waals surface area (Å²) in [7, 11) is 0. The van der Waals surface area contributed by atoms with Crippen molar-refractivity contribution in [1.82, 2.24) is 10.6 Å². The van der Waals surface area contributed by atoms with E-state index in [9.17, 15) is 9.18 Å². The maximum Gasteiger partial charge on any atom is 0.315 e. The van der Waals surface area contributed by atoms with Gasteiger partial charge in [0, 0.05) is 19.2 Å². The molecule has 4 nitrogen and oxygen atoms in total. The van der Waals surface area contributed by atoms with Crippen LogP contribution in [0.5, 0.6) is 0 Å². The van der Waals surface area contributed by atoms with Crippen molar-refractivity contribution in [1.29, 1.82) is 0 Å². The fourth-order valence-electron chi connectivity index (χ4n) is 1.94. The zero-order valence-corrected chi connectivity index (χ0v) is 12.0. The molecule has 112 valence electrons. The Hall–Kier alpha value is -1.62. The van der Waals surface area contributed by atoms with E-state index in [1.165, 1.54) is 6.07 Å². The largest absolute Gasteiger partial charge is 0.396 e. The summed E-state index contributed by atoms with van der Waals surface area (Å²) in [5, 5.41) is 14.5. The Bertz CT molecular complexity index is 424. The number of hydrogen-bond donors (Lipinski definition) is 3. The number of benzene rings is 1. The Kier molecular flexibility index (Phi) is 7.01. The van der Waals surface area contributed by atoms with Gasteiger partial charge in [-0.2, -0.15) is 0 Å². The monoisotopic (exact) mass is 282 g/mol. The van der Waals surface area contributed by atoms with Gasteiger partial charge < -0.3 is 15.7 Å². The molecule has 1 aromatic carbocycles. The number of aliphatic hydroxyl groups excluding tert-OH is 1. The third-order valence-electron chi connectivity index (χ3n) is 3.20. The van der Waals surface area contributed by atoms with E-state index in [1.54, 1.807) is 18.2 Å². The average molecular weight is 282 g/mol. The van der Waals surface area contributed by atoms with E-state index in [0.29, 0.717) is 24.9 Å². The highest BCUT2D eigenvalue weighted by atomic mass is 19.1. The van der Waals surface area contributed by atoms with Crippen LogP contribution in [0.15, 0.2) is 24.3 Å². The summed E-state index contributed by atoms with van der Waals surface area (Å²) >= 11 is 0. The lowest BCUT2D eigenvalue weighted by atomic mass is 10.0. The lowest BCUT2D eigenvalue weighted by molar-refractivity contribution is 0.219. The van der Waals surface area contributed by atoms with Crippen LogP contribution in [0.4, 0.5) is 9.18 Å². The molecule has 1 rings (SSSR count). The predicted octanol–water partition coefficient (Wildman–Crippen LogP) is 2.07. The first-order chi connectivity index (χ1) is 9.54. The first-order valence-electron chi connectivity index (χ1n) is 6.93. The number of hydrogen-bond acceptors (Lipinski definition) is 2. The second-order valence-corrected chi connectivity index (χ2v) is 5.10. The van der Waals surface area contributed by atoms with Crippen LogP contribution < -0.4 is 10.6 Å². The van der Waals surface area contributed by atoms with E-state index < -0.39 is 0 Å². The number of halogens is 1. The van der Waals surface area contributed by atoms with E-state index in [2.05, 4.69) is 10.6 Å². The molecule has 0 radical (unpaired) electrons. The van der Waals surface area contributed by atoms with E-state index >= 15 is 0 Å². The summed E-state index contributed by atoms with van der Waals surface area (Å²) < 4.78 is 13.4. The molecule has 5 heteroatoms. The number of aliphatic hydroxyl groups is 1. The van der Waals surface area contributed by atoms with Gasteiger partial charge in [-0.3, -0.25) is 0 Å². The van der Waals surface area contributed by atoms with Crippen LogP contribution in [0.25, 0.3) is 0 Å². The molecule has 1 aromatic rings. The molecule has 0 aromatic heterocycles. The van der Waals surface area contributed by atoms with Crippen molar-refractivity contribution in [3.63, 3.8) is 0 Å². The van der Waals surface area contributed by atoms with Crippen molar-refractivity contribution in [2.75, 3.05) is 13.2 Å². The van der Waals surface area contributed by atoms with Crippen LogP contribution in [0, 0.1) is 11.7 Å². The maximum absolute atomic E-state index is 13.4. The van der Waals surface area contributed by atoms with Crippen molar-refractivity contribution >= 4 is 6.03 Å². The quantitative estimate of drug-likeness (QED) is 0.717. The smallest absolute Gasteiger partial charge is 0.315 e. The fraction of sp³-hybridized carbons (Fsp3) is 0.533. The third-order valence-corrected chi connectivity index (χ3v) is 3.20. The zero-order valence-electron chi connectivity index (χ0n) is 12.0. The molecule has 1 unspecified atom stereocenters. The predicted molar refractivity (Wildman–Crippen MR) is 77.0 cm³/mol. The standard InChI is InChI=1S/C15H23FN2O2/c1-11(2)14(8-10-19)18-15(20)17-9-7-12-5-3-4-6-13(12)16/h3-6,11,14,19H,7-10H2,1-2H3,(H2,17,18,20). The van der Waals surface area contributed by atoms with Gasteiger partial charge in [0.25, 0.3) is 0 Å². The minimum atomic E-state index is -0.284. The van der Waals surface area contributed by atoms with Gasteiger partial charge in [-0.1, -0.05) is 32.0 Å². The molecule has 2 amide bonds. The summed E-state index contributed by atoms with van der Waals surface area (Å²) in [6, 6.07) is 6.18. The van der Waals surface area contributed by atoms with E-state index in [4.69, 9.17) is 5.11 Å². The Morgan fingerprint density at radius 1 is 1.35 bits per heavy atom. The van der Waals surface area contributed by atoms with E-state index in [0.717, 1.165) is 0 Å². The van der Waals surface area contributed by atoms with Gasteiger partial charge >= 0.3 is 6.03 Å². The first-order valence-corrected chi connectivity index (χ1v) is 6.93. The summed E-state index contributed by atoms with van der Waals surface area (Å²) in [6.45, 7) is 4.38. The van der Waals surface area contributed by atoms with Crippen LogP contribution in [-0.4, -0.2) is 30.3 Å². The van der Waals surface area contributed by atoms with Crippen LogP contribution in [0.3, 0.4) is 0 Å². The van der Waals surface area contributed by atoms with Crippen LogP contribution in [-0.2, 0) is 6.42 Å². The molecule has 0 heterocycles. The van der Waals surface area contributed by atoms with Crippen molar-refractivity contribution in [3.8, 4) is 0 Å². The summed E-state index contributed by atoms with van der Waals surface area (Å²) in [6.07, 6.45) is 0.977. The second-order valence-electron chi connectivity index (χ2n) is 5.10. The summed E-state index contributed by atoms with van der Waals surface area (Å²) in [4.78, 5) is 11.7. The minimum Gasteiger partial charge on any atom is -0.396 e. The zero-order chi connectivity index (χ0) is 15.0. The molecule has 20 heavy (non-hydrogen) atoms. The highest BCUT2D eigenvalue weighted by molar-refractivity contribution is 5.74. The van der Waals surface area contributed by atoms with E-state index in [1.807, 2.05) is 13.8 Å². The number of amides is 2.